The van der Waals surface area contributed by atoms with Gasteiger partial charge in [0.05, 0.1) is 41.9 Å². The number of fused-ring (bicyclic) bond motifs is 3. The molecule has 1 fully saturated rings. The first-order valence-corrected chi connectivity index (χ1v) is 10.3. The zero-order valence-corrected chi connectivity index (χ0v) is 17.4. The molecule has 1 N–H and O–H groups in total. The molecule has 1 aromatic carbocycles. The maximum atomic E-state index is 12.8. The Hall–Kier alpha value is -3.19. The molecular weight excluding hydrogens is 380 g/mol. The van der Waals surface area contributed by atoms with Gasteiger partial charge in [0.1, 0.15) is 0 Å². The lowest BCUT2D eigenvalue weighted by molar-refractivity contribution is 0.185. The second kappa shape index (κ2) is 7.25. The largest absolute Gasteiger partial charge is 0.478 e. The van der Waals surface area contributed by atoms with E-state index < -0.39 is 0 Å². The average molecular weight is 404 g/mol. The molecule has 3 aromatic heterocycles. The van der Waals surface area contributed by atoms with Crippen molar-refractivity contribution in [2.75, 3.05) is 19.8 Å². The van der Waals surface area contributed by atoms with Gasteiger partial charge in [-0.2, -0.15) is 5.10 Å². The molecule has 1 aliphatic heterocycles. The van der Waals surface area contributed by atoms with E-state index in [-0.39, 0.29) is 11.6 Å². The molecule has 1 saturated heterocycles. The highest BCUT2D eigenvalue weighted by Gasteiger charge is 2.22. The van der Waals surface area contributed by atoms with Gasteiger partial charge in [-0.15, -0.1) is 0 Å². The fourth-order valence-electron chi connectivity index (χ4n) is 4.44. The fraction of sp³-hybridized carbons (Fsp3) is 0.348. The van der Waals surface area contributed by atoms with Gasteiger partial charge in [0.25, 0.3) is 5.56 Å². The summed E-state index contributed by atoms with van der Waals surface area (Å²) < 4.78 is 13.1. The number of aryl methyl sites for hydroxylation is 2. The third-order valence-corrected chi connectivity index (χ3v) is 5.77. The zero-order chi connectivity index (χ0) is 20.8. The van der Waals surface area contributed by atoms with Crippen LogP contribution in [0.1, 0.15) is 30.6 Å². The van der Waals surface area contributed by atoms with Crippen molar-refractivity contribution in [3.05, 3.63) is 52.1 Å². The Kier molecular flexibility index (Phi) is 4.55. The Morgan fingerprint density at radius 3 is 2.87 bits per heavy atom. The van der Waals surface area contributed by atoms with Crippen LogP contribution in [0.25, 0.3) is 32.9 Å². The van der Waals surface area contributed by atoms with Crippen molar-refractivity contribution in [2.45, 2.75) is 33.2 Å². The number of nitrogens with one attached hydrogen (secondary N) is 1. The fourth-order valence-corrected chi connectivity index (χ4v) is 4.44. The average Bonchev–Trinajstić information content (AvgIpc) is 3.38. The lowest BCUT2D eigenvalue weighted by atomic mass is 9.98. The minimum Gasteiger partial charge on any atom is -0.478 e. The molecule has 30 heavy (non-hydrogen) atoms. The number of H-pyrrole nitrogens is 1. The van der Waals surface area contributed by atoms with E-state index in [1.807, 2.05) is 30.7 Å². The summed E-state index contributed by atoms with van der Waals surface area (Å²) in [6.07, 6.45) is 2.56. The van der Waals surface area contributed by atoms with Crippen LogP contribution in [0.2, 0.25) is 0 Å². The molecule has 5 rings (SSSR count). The minimum atomic E-state index is -0.127. The number of hydrogen-bond acceptors (Lipinski definition) is 5. The van der Waals surface area contributed by atoms with E-state index in [4.69, 9.17) is 9.47 Å². The molecule has 1 aliphatic rings. The predicted molar refractivity (Wildman–Crippen MR) is 116 cm³/mol. The Balaban J connectivity index is 1.70. The van der Waals surface area contributed by atoms with Gasteiger partial charge in [-0.1, -0.05) is 12.1 Å². The summed E-state index contributed by atoms with van der Waals surface area (Å²) >= 11 is 0. The van der Waals surface area contributed by atoms with Gasteiger partial charge in [-0.25, -0.2) is 4.98 Å². The van der Waals surface area contributed by atoms with Gasteiger partial charge < -0.3 is 14.5 Å². The second-order valence-corrected chi connectivity index (χ2v) is 7.75. The van der Waals surface area contributed by atoms with Crippen molar-refractivity contribution >= 4 is 21.8 Å². The third-order valence-electron chi connectivity index (χ3n) is 5.77. The molecule has 1 atom stereocenters. The SMILES string of the molecule is CCOc1cc(C)c(-c2ccc3c(c2)[nH]c(=O)c2cnn(C4CCOC4)c23)c(C)n1. The van der Waals surface area contributed by atoms with Crippen LogP contribution in [-0.4, -0.2) is 39.6 Å². The molecule has 0 bridgehead atoms. The molecule has 0 amide bonds. The maximum Gasteiger partial charge on any atom is 0.259 e. The number of ether oxygens (including phenoxy) is 2. The predicted octanol–water partition coefficient (Wildman–Crippen LogP) is 3.92. The summed E-state index contributed by atoms with van der Waals surface area (Å²) in [7, 11) is 0. The molecule has 4 aromatic rings. The third kappa shape index (κ3) is 2.97. The van der Waals surface area contributed by atoms with Gasteiger partial charge in [0.2, 0.25) is 5.88 Å². The first kappa shape index (κ1) is 18.8. The summed E-state index contributed by atoms with van der Waals surface area (Å²) in [5, 5.41) is 6.10. The van der Waals surface area contributed by atoms with E-state index in [0.717, 1.165) is 51.8 Å². The van der Waals surface area contributed by atoms with Crippen molar-refractivity contribution in [2.24, 2.45) is 0 Å². The van der Waals surface area contributed by atoms with Crippen molar-refractivity contribution in [3.63, 3.8) is 0 Å². The van der Waals surface area contributed by atoms with Gasteiger partial charge in [-0.05, 0) is 44.4 Å². The molecule has 7 heteroatoms. The van der Waals surface area contributed by atoms with E-state index in [0.29, 0.717) is 24.5 Å². The number of benzene rings is 1. The zero-order valence-electron chi connectivity index (χ0n) is 17.4. The Morgan fingerprint density at radius 1 is 1.27 bits per heavy atom. The molecule has 0 spiro atoms. The Labute approximate surface area is 173 Å². The van der Waals surface area contributed by atoms with E-state index in [1.165, 1.54) is 0 Å². The molecule has 0 saturated carbocycles. The van der Waals surface area contributed by atoms with Crippen molar-refractivity contribution < 1.29 is 9.47 Å². The summed E-state index contributed by atoms with van der Waals surface area (Å²) in [6, 6.07) is 8.28. The number of rotatable bonds is 4. The van der Waals surface area contributed by atoms with Crippen LogP contribution in [0.4, 0.5) is 0 Å². The van der Waals surface area contributed by atoms with Crippen LogP contribution in [-0.2, 0) is 4.74 Å². The van der Waals surface area contributed by atoms with Gasteiger partial charge >= 0.3 is 0 Å². The minimum absolute atomic E-state index is 0.127. The Morgan fingerprint density at radius 2 is 2.13 bits per heavy atom. The van der Waals surface area contributed by atoms with Crippen LogP contribution in [0.3, 0.4) is 0 Å². The number of aromatic amines is 1. The highest BCUT2D eigenvalue weighted by Crippen LogP contribution is 2.33. The van der Waals surface area contributed by atoms with Crippen LogP contribution in [0.5, 0.6) is 5.88 Å². The summed E-state index contributed by atoms with van der Waals surface area (Å²) in [5.41, 5.74) is 5.58. The number of nitrogens with zero attached hydrogens (tertiary/aromatic N) is 3. The smallest absolute Gasteiger partial charge is 0.259 e. The van der Waals surface area contributed by atoms with E-state index >= 15 is 0 Å². The van der Waals surface area contributed by atoms with Gasteiger partial charge in [0, 0.05) is 29.3 Å². The quantitative estimate of drug-likeness (QED) is 0.558. The van der Waals surface area contributed by atoms with E-state index in [2.05, 4.69) is 34.1 Å². The summed E-state index contributed by atoms with van der Waals surface area (Å²) in [6.45, 7) is 7.91. The van der Waals surface area contributed by atoms with Crippen LogP contribution in [0.15, 0.2) is 35.3 Å². The monoisotopic (exact) mass is 404 g/mol. The standard InChI is InChI=1S/C23H24N4O3/c1-4-30-20-9-13(2)21(14(3)25-20)15-5-6-17-19(10-15)26-23(28)18-11-24-27(22(17)18)16-7-8-29-12-16/h5-6,9-11,16H,4,7-8,12H2,1-3H3,(H,26,28). The number of aromatic nitrogens is 4. The normalized spacial score (nSPS) is 16.6. The van der Waals surface area contributed by atoms with Gasteiger partial charge in [-0.3, -0.25) is 9.48 Å². The lowest BCUT2D eigenvalue weighted by Gasteiger charge is -2.14. The maximum absolute atomic E-state index is 12.8. The summed E-state index contributed by atoms with van der Waals surface area (Å²) in [5.74, 6) is 0.634. The topological polar surface area (TPSA) is 82.0 Å². The Bertz CT molecular complexity index is 1290. The molecule has 0 aliphatic carbocycles. The number of pyridine rings is 2. The molecule has 1 unspecified atom stereocenters. The molecule has 4 heterocycles. The van der Waals surface area contributed by atoms with Crippen LogP contribution in [0, 0.1) is 13.8 Å². The molecule has 154 valence electrons. The second-order valence-electron chi connectivity index (χ2n) is 7.75. The molecular formula is C23H24N4O3. The van der Waals surface area contributed by atoms with E-state index in [9.17, 15) is 4.79 Å². The molecule has 7 nitrogen and oxygen atoms in total. The highest BCUT2D eigenvalue weighted by atomic mass is 16.5. The molecule has 0 radical (unpaired) electrons. The van der Waals surface area contributed by atoms with Crippen molar-refractivity contribution in [1.82, 2.24) is 19.7 Å². The summed E-state index contributed by atoms with van der Waals surface area (Å²) in [4.78, 5) is 20.4. The lowest BCUT2D eigenvalue weighted by Crippen LogP contribution is -2.12. The van der Waals surface area contributed by atoms with Crippen LogP contribution >= 0.6 is 0 Å². The highest BCUT2D eigenvalue weighted by molar-refractivity contribution is 6.04. The number of hydrogen-bond donors (Lipinski definition) is 1. The van der Waals surface area contributed by atoms with Crippen molar-refractivity contribution in [3.8, 4) is 17.0 Å². The van der Waals surface area contributed by atoms with Gasteiger partial charge in [0.15, 0.2) is 0 Å². The van der Waals surface area contributed by atoms with Crippen molar-refractivity contribution in [1.29, 1.82) is 0 Å². The first-order valence-electron chi connectivity index (χ1n) is 10.3. The van der Waals surface area contributed by atoms with Crippen LogP contribution < -0.4 is 10.3 Å². The van der Waals surface area contributed by atoms with E-state index in [1.54, 1.807) is 6.20 Å². The first-order chi connectivity index (χ1) is 14.6.